The van der Waals surface area contributed by atoms with Crippen LogP contribution in [0.2, 0.25) is 0 Å². The van der Waals surface area contributed by atoms with Crippen molar-refractivity contribution in [1.82, 2.24) is 14.5 Å². The highest BCUT2D eigenvalue weighted by molar-refractivity contribution is 7.90. The molecule has 1 aromatic heterocycles. The molecule has 0 unspecified atom stereocenters. The number of nitrogens with zero attached hydrogens (tertiary/aromatic N) is 2. The quantitative estimate of drug-likeness (QED) is 0.764. The van der Waals surface area contributed by atoms with Gasteiger partial charge < -0.3 is 5.32 Å². The molecule has 1 heterocycles. The number of hydrogen-bond donors (Lipinski definition) is 2. The lowest BCUT2D eigenvalue weighted by molar-refractivity contribution is 0.336. The lowest BCUT2D eigenvalue weighted by Gasteiger charge is -2.30. The number of anilines is 1. The molecule has 2 N–H and O–H groups in total. The van der Waals surface area contributed by atoms with Crippen LogP contribution in [0.4, 0.5) is 10.2 Å². The zero-order valence-electron chi connectivity index (χ0n) is 16.7. The van der Waals surface area contributed by atoms with E-state index in [-0.39, 0.29) is 5.82 Å². The maximum absolute atomic E-state index is 13.9. The van der Waals surface area contributed by atoms with Crippen LogP contribution < -0.4 is 10.0 Å². The Kier molecular flexibility index (Phi) is 6.09. The normalized spacial score (nSPS) is 20.9. The summed E-state index contributed by atoms with van der Waals surface area (Å²) in [6, 6.07) is 8.68. The van der Waals surface area contributed by atoms with Gasteiger partial charge in [-0.3, -0.25) is 0 Å². The highest BCUT2D eigenvalue weighted by Gasteiger charge is 2.30. The molecule has 1 saturated carbocycles. The van der Waals surface area contributed by atoms with Crippen molar-refractivity contribution in [2.45, 2.75) is 57.2 Å². The minimum atomic E-state index is -3.30. The Morgan fingerprint density at radius 1 is 1.14 bits per heavy atom. The standard InChI is InChI=1S/C20H29FN4O2S/c1-20(2,3)28(26,27)22-14-15-8-10-16(11-9-15)23-19-12-13-25(24-19)18-7-5-4-6-17(18)21/h4-7,12-13,15-16,22H,8-11,14H2,1-3H3,(H,23,24). The summed E-state index contributed by atoms with van der Waals surface area (Å²) in [5.41, 5.74) is 0.422. The third-order valence-corrected chi connectivity index (χ3v) is 7.41. The second kappa shape index (κ2) is 8.21. The van der Waals surface area contributed by atoms with Gasteiger partial charge in [-0.2, -0.15) is 5.10 Å². The van der Waals surface area contributed by atoms with Crippen molar-refractivity contribution in [3.05, 3.63) is 42.3 Å². The molecular weight excluding hydrogens is 379 g/mol. The molecule has 0 saturated heterocycles. The fraction of sp³-hybridized carbons (Fsp3) is 0.550. The maximum Gasteiger partial charge on any atom is 0.216 e. The summed E-state index contributed by atoms with van der Waals surface area (Å²) in [6.45, 7) is 5.61. The highest BCUT2D eigenvalue weighted by Crippen LogP contribution is 2.27. The Morgan fingerprint density at radius 3 is 2.46 bits per heavy atom. The van der Waals surface area contributed by atoms with Crippen molar-refractivity contribution in [1.29, 1.82) is 0 Å². The molecule has 2 aromatic rings. The van der Waals surface area contributed by atoms with Gasteiger partial charge in [-0.1, -0.05) is 12.1 Å². The molecule has 1 aromatic carbocycles. The first kappa shape index (κ1) is 20.8. The van der Waals surface area contributed by atoms with E-state index in [4.69, 9.17) is 0 Å². The second-order valence-corrected chi connectivity index (χ2v) is 10.9. The van der Waals surface area contributed by atoms with Crippen LogP contribution in [0.1, 0.15) is 46.5 Å². The first-order valence-corrected chi connectivity index (χ1v) is 11.2. The van der Waals surface area contributed by atoms with Crippen LogP contribution in [0.15, 0.2) is 36.5 Å². The van der Waals surface area contributed by atoms with Crippen molar-refractivity contribution >= 4 is 15.8 Å². The van der Waals surface area contributed by atoms with Crippen molar-refractivity contribution in [3.8, 4) is 5.69 Å². The van der Waals surface area contributed by atoms with Crippen molar-refractivity contribution in [2.24, 2.45) is 5.92 Å². The summed E-state index contributed by atoms with van der Waals surface area (Å²) in [5, 5.41) is 7.84. The molecule has 28 heavy (non-hydrogen) atoms. The average Bonchev–Trinajstić information content (AvgIpc) is 3.09. The molecule has 8 heteroatoms. The van der Waals surface area contributed by atoms with Gasteiger partial charge in [0.05, 0.1) is 4.75 Å². The summed E-state index contributed by atoms with van der Waals surface area (Å²) < 4.78 is 41.8. The van der Waals surface area contributed by atoms with Crippen LogP contribution in [0.5, 0.6) is 0 Å². The smallest absolute Gasteiger partial charge is 0.216 e. The Bertz CT molecular complexity index is 897. The Balaban J connectivity index is 1.50. The molecule has 0 radical (unpaired) electrons. The molecule has 6 nitrogen and oxygen atoms in total. The largest absolute Gasteiger partial charge is 0.366 e. The number of halogens is 1. The predicted molar refractivity (Wildman–Crippen MR) is 110 cm³/mol. The molecule has 0 aliphatic heterocycles. The third kappa shape index (κ3) is 4.91. The van der Waals surface area contributed by atoms with Gasteiger partial charge >= 0.3 is 0 Å². The summed E-state index contributed by atoms with van der Waals surface area (Å²) >= 11 is 0. The monoisotopic (exact) mass is 408 g/mol. The van der Waals surface area contributed by atoms with Gasteiger partial charge in [-0.05, 0) is 64.5 Å². The summed E-state index contributed by atoms with van der Waals surface area (Å²) in [4.78, 5) is 0. The van der Waals surface area contributed by atoms with Gasteiger partial charge in [0.25, 0.3) is 0 Å². The maximum atomic E-state index is 13.9. The van der Waals surface area contributed by atoms with E-state index in [1.165, 1.54) is 10.7 Å². The molecule has 0 atom stereocenters. The van der Waals surface area contributed by atoms with E-state index in [1.807, 2.05) is 6.07 Å². The first-order valence-electron chi connectivity index (χ1n) is 9.72. The predicted octanol–water partition coefficient (Wildman–Crippen LogP) is 3.70. The molecule has 0 amide bonds. The molecule has 0 spiro atoms. The zero-order chi connectivity index (χ0) is 20.4. The van der Waals surface area contributed by atoms with Crippen molar-refractivity contribution in [3.63, 3.8) is 0 Å². The number of aromatic nitrogens is 2. The number of sulfonamides is 1. The van der Waals surface area contributed by atoms with Crippen LogP contribution in [-0.2, 0) is 10.0 Å². The van der Waals surface area contributed by atoms with E-state index >= 15 is 0 Å². The highest BCUT2D eigenvalue weighted by atomic mass is 32.2. The summed E-state index contributed by atoms with van der Waals surface area (Å²) in [6.07, 6.45) is 5.56. The van der Waals surface area contributed by atoms with Crippen molar-refractivity contribution in [2.75, 3.05) is 11.9 Å². The van der Waals surface area contributed by atoms with Gasteiger partial charge in [-0.25, -0.2) is 22.2 Å². The SMILES string of the molecule is CC(C)(C)S(=O)(=O)NCC1CCC(Nc2ccn(-c3ccccc3F)n2)CC1. The summed E-state index contributed by atoms with van der Waals surface area (Å²) in [5.74, 6) is 0.765. The minimum Gasteiger partial charge on any atom is -0.366 e. The molecule has 154 valence electrons. The van der Waals surface area contributed by atoms with Crippen LogP contribution in [0, 0.1) is 11.7 Å². The van der Waals surface area contributed by atoms with Gasteiger partial charge in [0.1, 0.15) is 17.3 Å². The van der Waals surface area contributed by atoms with Gasteiger partial charge in [0.2, 0.25) is 10.0 Å². The van der Waals surface area contributed by atoms with Gasteiger partial charge in [0.15, 0.2) is 0 Å². The lowest BCUT2D eigenvalue weighted by atomic mass is 9.86. The van der Waals surface area contributed by atoms with Crippen LogP contribution in [0.25, 0.3) is 5.69 Å². The van der Waals surface area contributed by atoms with Crippen molar-refractivity contribution < 1.29 is 12.8 Å². The van der Waals surface area contributed by atoms with E-state index in [1.54, 1.807) is 45.2 Å². The minimum absolute atomic E-state index is 0.291. The summed E-state index contributed by atoms with van der Waals surface area (Å²) in [7, 11) is -3.30. The zero-order valence-corrected chi connectivity index (χ0v) is 17.5. The number of hydrogen-bond acceptors (Lipinski definition) is 4. The number of para-hydroxylation sites is 1. The fourth-order valence-corrected chi connectivity index (χ4v) is 4.22. The Labute approximate surface area is 166 Å². The second-order valence-electron chi connectivity index (χ2n) is 8.42. The topological polar surface area (TPSA) is 76.0 Å². The van der Waals surface area contributed by atoms with E-state index in [0.717, 1.165) is 31.5 Å². The molecule has 1 aliphatic rings. The molecule has 1 fully saturated rings. The number of rotatable bonds is 6. The Hall–Kier alpha value is -1.93. The third-order valence-electron chi connectivity index (χ3n) is 5.26. The van der Waals surface area contributed by atoms with Gasteiger partial charge in [-0.15, -0.1) is 0 Å². The van der Waals surface area contributed by atoms with Gasteiger partial charge in [0, 0.05) is 24.8 Å². The average molecular weight is 409 g/mol. The van der Waals surface area contributed by atoms with Crippen LogP contribution in [0.3, 0.4) is 0 Å². The number of benzene rings is 1. The van der Waals surface area contributed by atoms with E-state index in [9.17, 15) is 12.8 Å². The first-order chi connectivity index (χ1) is 13.2. The molecule has 1 aliphatic carbocycles. The molecular formula is C20H29FN4O2S. The van der Waals surface area contributed by atoms with Crippen LogP contribution in [-0.4, -0.2) is 35.5 Å². The van der Waals surface area contributed by atoms with E-state index in [0.29, 0.717) is 24.2 Å². The van der Waals surface area contributed by atoms with E-state index in [2.05, 4.69) is 15.1 Å². The Morgan fingerprint density at radius 2 is 1.82 bits per heavy atom. The lowest BCUT2D eigenvalue weighted by Crippen LogP contribution is -2.42. The van der Waals surface area contributed by atoms with E-state index < -0.39 is 14.8 Å². The molecule has 0 bridgehead atoms. The van der Waals surface area contributed by atoms with Crippen LogP contribution >= 0.6 is 0 Å². The molecule has 3 rings (SSSR count). The number of nitrogens with one attached hydrogen (secondary N) is 2. The fourth-order valence-electron chi connectivity index (χ4n) is 3.34.